The molecule has 0 aromatic heterocycles. The molecule has 6 heteroatoms. The average molecular weight is 242 g/mol. The number of carbonyl (C=O) groups is 2. The molecular formula is C11H18N2O4. The van der Waals surface area contributed by atoms with Gasteiger partial charge in [0.2, 0.25) is 5.91 Å². The van der Waals surface area contributed by atoms with Crippen molar-refractivity contribution in [2.45, 2.75) is 44.9 Å². The van der Waals surface area contributed by atoms with Crippen molar-refractivity contribution in [3.05, 3.63) is 0 Å². The average Bonchev–Trinajstić information content (AvgIpc) is 2.69. The molecule has 6 nitrogen and oxygen atoms in total. The van der Waals surface area contributed by atoms with Gasteiger partial charge in [-0.15, -0.1) is 0 Å². The van der Waals surface area contributed by atoms with Crippen molar-refractivity contribution in [3.63, 3.8) is 0 Å². The van der Waals surface area contributed by atoms with Gasteiger partial charge in [0.25, 0.3) is 0 Å². The number of fused-ring (bicyclic) bond motifs is 1. The van der Waals surface area contributed by atoms with Crippen LogP contribution in [0.3, 0.4) is 0 Å². The second kappa shape index (κ2) is 4.18. The Kier molecular flexibility index (Phi) is 2.99. The quantitative estimate of drug-likeness (QED) is 0.725. The lowest BCUT2D eigenvalue weighted by molar-refractivity contribution is -0.131. The van der Waals surface area contributed by atoms with Crippen LogP contribution in [0.25, 0.3) is 0 Å². The molecule has 0 radical (unpaired) electrons. The van der Waals surface area contributed by atoms with Crippen LogP contribution < -0.4 is 5.32 Å². The Morgan fingerprint density at radius 3 is 2.82 bits per heavy atom. The van der Waals surface area contributed by atoms with Gasteiger partial charge in [-0.3, -0.25) is 4.79 Å². The van der Waals surface area contributed by atoms with Crippen LogP contribution in [0.4, 0.5) is 4.79 Å². The van der Waals surface area contributed by atoms with E-state index in [1.807, 2.05) is 0 Å². The lowest BCUT2D eigenvalue weighted by Gasteiger charge is -2.21. The molecule has 0 spiro atoms. The summed E-state index contributed by atoms with van der Waals surface area (Å²) in [5.74, 6) is -0.0849. The van der Waals surface area contributed by atoms with Crippen molar-refractivity contribution in [1.82, 2.24) is 10.2 Å². The number of nitrogens with one attached hydrogen (secondary N) is 1. The largest absolute Gasteiger partial charge is 0.444 e. The highest BCUT2D eigenvalue weighted by Crippen LogP contribution is 2.24. The Morgan fingerprint density at radius 2 is 2.24 bits per heavy atom. The number of ether oxygens (including phenoxy) is 2. The Labute approximate surface area is 100 Å². The molecule has 2 saturated heterocycles. The Morgan fingerprint density at radius 1 is 1.53 bits per heavy atom. The molecule has 0 aromatic rings. The van der Waals surface area contributed by atoms with Crippen LogP contribution >= 0.6 is 0 Å². The molecule has 0 aliphatic carbocycles. The fraction of sp³-hybridized carbons (Fsp3) is 0.818. The van der Waals surface area contributed by atoms with Crippen LogP contribution in [0.1, 0.15) is 27.2 Å². The van der Waals surface area contributed by atoms with Crippen LogP contribution in [0.5, 0.6) is 0 Å². The molecule has 2 rings (SSSR count). The molecule has 96 valence electrons. The summed E-state index contributed by atoms with van der Waals surface area (Å²) in [5.41, 5.74) is -0.551. The summed E-state index contributed by atoms with van der Waals surface area (Å²) >= 11 is 0. The summed E-state index contributed by atoms with van der Waals surface area (Å²) in [7, 11) is 0. The van der Waals surface area contributed by atoms with Gasteiger partial charge >= 0.3 is 6.09 Å². The minimum Gasteiger partial charge on any atom is -0.444 e. The van der Waals surface area contributed by atoms with Crippen molar-refractivity contribution in [2.24, 2.45) is 0 Å². The maximum absolute atomic E-state index is 11.9. The Bertz CT molecular complexity index is 337. The Balaban J connectivity index is 1.88. The molecule has 0 bridgehead atoms. The molecular weight excluding hydrogens is 224 g/mol. The number of nitrogens with zero attached hydrogens (tertiary/aromatic N) is 1. The first-order chi connectivity index (χ1) is 7.87. The summed E-state index contributed by atoms with van der Waals surface area (Å²) in [6.45, 7) is 6.24. The molecule has 0 saturated carbocycles. The summed E-state index contributed by atoms with van der Waals surface area (Å²) in [4.78, 5) is 25.1. The van der Waals surface area contributed by atoms with Gasteiger partial charge in [-0.1, -0.05) is 0 Å². The smallest absolute Gasteiger partial charge is 0.408 e. The van der Waals surface area contributed by atoms with Gasteiger partial charge in [-0.05, 0) is 27.2 Å². The number of amides is 2. The highest BCUT2D eigenvalue weighted by atomic mass is 16.6. The van der Waals surface area contributed by atoms with Gasteiger partial charge < -0.3 is 19.7 Å². The van der Waals surface area contributed by atoms with Crippen LogP contribution in [0, 0.1) is 0 Å². The van der Waals surface area contributed by atoms with Gasteiger partial charge in [0.1, 0.15) is 18.4 Å². The molecule has 2 fully saturated rings. The van der Waals surface area contributed by atoms with E-state index in [1.54, 1.807) is 25.7 Å². The zero-order valence-corrected chi connectivity index (χ0v) is 10.4. The molecule has 2 heterocycles. The number of alkyl carbamates (subject to hydrolysis) is 1. The third kappa shape index (κ3) is 2.69. The van der Waals surface area contributed by atoms with E-state index in [-0.39, 0.29) is 11.9 Å². The molecule has 2 atom stereocenters. The van der Waals surface area contributed by atoms with E-state index in [2.05, 4.69) is 5.32 Å². The van der Waals surface area contributed by atoms with Crippen molar-refractivity contribution >= 4 is 12.0 Å². The van der Waals surface area contributed by atoms with Gasteiger partial charge in [0.05, 0.1) is 12.6 Å². The number of carbonyl (C=O) groups excluding carboxylic acids is 2. The van der Waals surface area contributed by atoms with Gasteiger partial charge in [-0.2, -0.15) is 0 Å². The number of hydrogen-bond acceptors (Lipinski definition) is 4. The molecule has 2 amide bonds. The predicted molar refractivity (Wildman–Crippen MR) is 59.2 cm³/mol. The Hall–Kier alpha value is -1.30. The molecule has 2 unspecified atom stereocenters. The van der Waals surface area contributed by atoms with Gasteiger partial charge in [0.15, 0.2) is 0 Å². The monoisotopic (exact) mass is 242 g/mol. The fourth-order valence-corrected chi connectivity index (χ4v) is 2.06. The predicted octanol–water partition coefficient (Wildman–Crippen LogP) is 0.468. The first-order valence-electron chi connectivity index (χ1n) is 5.74. The van der Waals surface area contributed by atoms with E-state index in [1.165, 1.54) is 0 Å². The second-order valence-corrected chi connectivity index (χ2v) is 5.40. The summed E-state index contributed by atoms with van der Waals surface area (Å²) in [5, 5.41) is 2.61. The van der Waals surface area contributed by atoms with Crippen molar-refractivity contribution in [3.8, 4) is 0 Å². The minimum atomic E-state index is -0.551. The van der Waals surface area contributed by atoms with Crippen molar-refractivity contribution in [1.29, 1.82) is 0 Å². The van der Waals surface area contributed by atoms with Gasteiger partial charge in [0, 0.05) is 0 Å². The second-order valence-electron chi connectivity index (χ2n) is 5.40. The first-order valence-corrected chi connectivity index (χ1v) is 5.74. The standard InChI is InChI=1S/C11H18N2O4/c1-11(2,3)17-10(15)12-8-4-7-5-16-6-13(7)9(8)14/h7-8H,4-6H2,1-3H3,(H,12,15). The lowest BCUT2D eigenvalue weighted by atomic mass is 10.2. The lowest BCUT2D eigenvalue weighted by Crippen LogP contribution is -2.43. The third-order valence-corrected chi connectivity index (χ3v) is 2.76. The summed E-state index contributed by atoms with van der Waals surface area (Å²) in [6.07, 6.45) is 0.0517. The number of hydrogen-bond donors (Lipinski definition) is 1. The number of rotatable bonds is 1. The fourth-order valence-electron chi connectivity index (χ4n) is 2.06. The molecule has 0 aromatic carbocycles. The van der Waals surface area contributed by atoms with Crippen LogP contribution in [-0.2, 0) is 14.3 Å². The minimum absolute atomic E-state index is 0.0849. The summed E-state index contributed by atoms with van der Waals surface area (Å²) in [6, 6.07) is -0.374. The van der Waals surface area contributed by atoms with Crippen LogP contribution in [-0.4, -0.2) is 47.9 Å². The van der Waals surface area contributed by atoms with E-state index in [0.29, 0.717) is 19.8 Å². The van der Waals surface area contributed by atoms with E-state index in [4.69, 9.17) is 9.47 Å². The molecule has 2 aliphatic rings. The van der Waals surface area contributed by atoms with Crippen LogP contribution in [0.15, 0.2) is 0 Å². The van der Waals surface area contributed by atoms with E-state index >= 15 is 0 Å². The van der Waals surface area contributed by atoms with Crippen molar-refractivity contribution in [2.75, 3.05) is 13.3 Å². The zero-order chi connectivity index (χ0) is 12.6. The van der Waals surface area contributed by atoms with Crippen LogP contribution in [0.2, 0.25) is 0 Å². The molecule has 1 N–H and O–H groups in total. The highest BCUT2D eigenvalue weighted by Gasteiger charge is 2.43. The normalized spacial score (nSPS) is 28.2. The van der Waals surface area contributed by atoms with Crippen molar-refractivity contribution < 1.29 is 19.1 Å². The SMILES string of the molecule is CC(C)(C)OC(=O)NC1CC2COCN2C1=O. The maximum Gasteiger partial charge on any atom is 0.408 e. The van der Waals surface area contributed by atoms with E-state index in [0.717, 1.165) is 0 Å². The summed E-state index contributed by atoms with van der Waals surface area (Å²) < 4.78 is 10.3. The topological polar surface area (TPSA) is 67.9 Å². The highest BCUT2D eigenvalue weighted by molar-refractivity contribution is 5.88. The molecule has 2 aliphatic heterocycles. The third-order valence-electron chi connectivity index (χ3n) is 2.76. The van der Waals surface area contributed by atoms with E-state index < -0.39 is 17.7 Å². The first kappa shape index (κ1) is 12.2. The van der Waals surface area contributed by atoms with Gasteiger partial charge in [-0.25, -0.2) is 4.79 Å². The van der Waals surface area contributed by atoms with E-state index in [9.17, 15) is 9.59 Å². The maximum atomic E-state index is 11.9. The zero-order valence-electron chi connectivity index (χ0n) is 10.4. The molecule has 17 heavy (non-hydrogen) atoms.